The number of methoxy groups -OCH3 is 1. The van der Waals surface area contributed by atoms with E-state index < -0.39 is 16.0 Å². The van der Waals surface area contributed by atoms with Crippen molar-refractivity contribution in [2.75, 3.05) is 7.11 Å². The van der Waals surface area contributed by atoms with Crippen LogP contribution in [0.3, 0.4) is 0 Å². The number of hydrogen-bond donors (Lipinski definition) is 2. The van der Waals surface area contributed by atoms with Crippen molar-refractivity contribution in [1.82, 2.24) is 9.71 Å². The van der Waals surface area contributed by atoms with Gasteiger partial charge >= 0.3 is 5.97 Å². The van der Waals surface area contributed by atoms with Crippen LogP contribution in [-0.4, -0.2) is 37.6 Å². The van der Waals surface area contributed by atoms with E-state index in [4.69, 9.17) is 4.74 Å². The first-order valence-corrected chi connectivity index (χ1v) is 8.78. The Bertz CT molecular complexity index is 874. The molecule has 1 aromatic heterocycles. The third kappa shape index (κ3) is 3.55. The van der Waals surface area contributed by atoms with Crippen LogP contribution in [0.15, 0.2) is 41.4 Å². The van der Waals surface area contributed by atoms with E-state index in [1.807, 2.05) is 0 Å². The second-order valence-corrected chi connectivity index (χ2v) is 7.25. The maximum absolute atomic E-state index is 12.4. The first kappa shape index (κ1) is 16.4. The van der Waals surface area contributed by atoms with Gasteiger partial charge in [0.05, 0.1) is 17.6 Å². The highest BCUT2D eigenvalue weighted by Crippen LogP contribution is 2.27. The number of ether oxygens (including phenoxy) is 1. The van der Waals surface area contributed by atoms with Crippen molar-refractivity contribution in [3.8, 4) is 17.0 Å². The van der Waals surface area contributed by atoms with Crippen molar-refractivity contribution >= 4 is 16.0 Å². The SMILES string of the molecule is COc1ccc(-c2cc(C(=O)O)cc(S(=O)(=O)NC3CC3)c2)cn1. The monoisotopic (exact) mass is 348 g/mol. The Morgan fingerprint density at radius 3 is 2.54 bits per heavy atom. The van der Waals surface area contributed by atoms with E-state index in [1.165, 1.54) is 25.4 Å². The number of carboxylic acid groups (broad SMARTS) is 1. The number of carbonyl (C=O) groups is 1. The van der Waals surface area contributed by atoms with E-state index >= 15 is 0 Å². The second kappa shape index (κ2) is 6.21. The predicted molar refractivity (Wildman–Crippen MR) is 86.5 cm³/mol. The molecule has 24 heavy (non-hydrogen) atoms. The van der Waals surface area contributed by atoms with Crippen LogP contribution in [0.5, 0.6) is 5.88 Å². The maximum Gasteiger partial charge on any atom is 0.335 e. The van der Waals surface area contributed by atoms with Gasteiger partial charge < -0.3 is 9.84 Å². The summed E-state index contributed by atoms with van der Waals surface area (Å²) in [4.78, 5) is 15.3. The lowest BCUT2D eigenvalue weighted by molar-refractivity contribution is 0.0696. The van der Waals surface area contributed by atoms with Crippen LogP contribution in [0.4, 0.5) is 0 Å². The predicted octanol–water partition coefficient (Wildman–Crippen LogP) is 1.90. The summed E-state index contributed by atoms with van der Waals surface area (Å²) in [6.45, 7) is 0. The molecule has 3 rings (SSSR count). The molecule has 0 saturated heterocycles. The molecule has 2 N–H and O–H groups in total. The molecule has 0 radical (unpaired) electrons. The fourth-order valence-electron chi connectivity index (χ4n) is 2.20. The highest BCUT2D eigenvalue weighted by molar-refractivity contribution is 7.89. The number of aromatic nitrogens is 1. The lowest BCUT2D eigenvalue weighted by Gasteiger charge is -2.10. The second-order valence-electron chi connectivity index (χ2n) is 5.54. The summed E-state index contributed by atoms with van der Waals surface area (Å²) in [6.07, 6.45) is 3.10. The zero-order valence-corrected chi connectivity index (χ0v) is 13.7. The van der Waals surface area contributed by atoms with Gasteiger partial charge in [0.25, 0.3) is 0 Å². The smallest absolute Gasteiger partial charge is 0.335 e. The van der Waals surface area contributed by atoms with E-state index in [-0.39, 0.29) is 16.5 Å². The van der Waals surface area contributed by atoms with Crippen LogP contribution >= 0.6 is 0 Å². The summed E-state index contributed by atoms with van der Waals surface area (Å²) < 4.78 is 32.3. The highest BCUT2D eigenvalue weighted by Gasteiger charge is 2.28. The number of benzene rings is 1. The molecule has 0 amide bonds. The van der Waals surface area contributed by atoms with Crippen molar-refractivity contribution in [2.45, 2.75) is 23.8 Å². The van der Waals surface area contributed by atoms with Gasteiger partial charge in [-0.05, 0) is 42.7 Å². The van der Waals surface area contributed by atoms with Crippen LogP contribution in [0, 0.1) is 0 Å². The standard InChI is InChI=1S/C16H16N2O5S/c1-23-15-5-2-10(9-17-15)11-6-12(16(19)20)8-14(7-11)24(21,22)18-13-3-4-13/h2,5-9,13,18H,3-4H2,1H3,(H,19,20). The Labute approximate surface area is 139 Å². The number of nitrogens with one attached hydrogen (secondary N) is 1. The number of rotatable bonds is 6. The molecule has 0 atom stereocenters. The van der Waals surface area contributed by atoms with Crippen LogP contribution in [-0.2, 0) is 10.0 Å². The first-order chi connectivity index (χ1) is 11.4. The average Bonchev–Trinajstić information content (AvgIpc) is 3.37. The number of hydrogen-bond acceptors (Lipinski definition) is 5. The molecule has 126 valence electrons. The molecular formula is C16H16N2O5S. The third-order valence-corrected chi connectivity index (χ3v) is 5.14. The molecule has 8 heteroatoms. The van der Waals surface area contributed by atoms with Crippen LogP contribution in [0.2, 0.25) is 0 Å². The molecule has 1 heterocycles. The molecule has 1 fully saturated rings. The van der Waals surface area contributed by atoms with Crippen molar-refractivity contribution in [3.63, 3.8) is 0 Å². The van der Waals surface area contributed by atoms with Gasteiger partial charge in [-0.25, -0.2) is 22.9 Å². The molecule has 1 saturated carbocycles. The molecule has 0 unspecified atom stereocenters. The fraction of sp³-hybridized carbons (Fsp3) is 0.250. The van der Waals surface area contributed by atoms with Gasteiger partial charge in [0.1, 0.15) is 0 Å². The van der Waals surface area contributed by atoms with E-state index in [9.17, 15) is 18.3 Å². The zero-order valence-electron chi connectivity index (χ0n) is 12.9. The van der Waals surface area contributed by atoms with E-state index in [0.29, 0.717) is 17.0 Å². The normalized spacial score (nSPS) is 14.4. The lowest BCUT2D eigenvalue weighted by atomic mass is 10.0. The van der Waals surface area contributed by atoms with Crippen molar-refractivity contribution in [2.24, 2.45) is 0 Å². The summed E-state index contributed by atoms with van der Waals surface area (Å²) in [5, 5.41) is 9.27. The summed E-state index contributed by atoms with van der Waals surface area (Å²) in [5.41, 5.74) is 0.961. The molecule has 0 aliphatic heterocycles. The Hall–Kier alpha value is -2.45. The molecule has 0 bridgehead atoms. The average molecular weight is 348 g/mol. The minimum atomic E-state index is -3.75. The van der Waals surface area contributed by atoms with Crippen LogP contribution in [0.1, 0.15) is 23.2 Å². The number of pyridine rings is 1. The van der Waals surface area contributed by atoms with Crippen molar-refractivity contribution in [3.05, 3.63) is 42.1 Å². The maximum atomic E-state index is 12.4. The zero-order chi connectivity index (χ0) is 17.3. The molecule has 1 aliphatic rings. The summed E-state index contributed by atoms with van der Waals surface area (Å²) in [6, 6.07) is 7.28. The Balaban J connectivity index is 2.06. The van der Waals surface area contributed by atoms with Gasteiger partial charge in [0.2, 0.25) is 15.9 Å². The van der Waals surface area contributed by atoms with Crippen molar-refractivity contribution < 1.29 is 23.1 Å². The van der Waals surface area contributed by atoms with Gasteiger partial charge in [-0.2, -0.15) is 0 Å². The van der Waals surface area contributed by atoms with Gasteiger partial charge in [-0.1, -0.05) is 0 Å². The summed E-state index contributed by atoms with van der Waals surface area (Å²) >= 11 is 0. The van der Waals surface area contributed by atoms with Gasteiger partial charge in [-0.15, -0.1) is 0 Å². The van der Waals surface area contributed by atoms with Gasteiger partial charge in [0.15, 0.2) is 0 Å². The largest absolute Gasteiger partial charge is 0.481 e. The van der Waals surface area contributed by atoms with E-state index in [1.54, 1.807) is 12.1 Å². The van der Waals surface area contributed by atoms with E-state index in [2.05, 4.69) is 9.71 Å². The van der Waals surface area contributed by atoms with E-state index in [0.717, 1.165) is 18.9 Å². The van der Waals surface area contributed by atoms with Gasteiger partial charge in [0, 0.05) is 23.9 Å². The molecule has 1 aromatic carbocycles. The van der Waals surface area contributed by atoms with Gasteiger partial charge in [-0.3, -0.25) is 0 Å². The molecule has 7 nitrogen and oxygen atoms in total. The Morgan fingerprint density at radius 2 is 2.00 bits per heavy atom. The topological polar surface area (TPSA) is 106 Å². The Kier molecular flexibility index (Phi) is 4.25. The summed E-state index contributed by atoms with van der Waals surface area (Å²) in [7, 11) is -2.27. The number of carboxylic acids is 1. The number of aromatic carboxylic acids is 1. The molecule has 2 aromatic rings. The fourth-order valence-corrected chi connectivity index (χ4v) is 3.58. The van der Waals surface area contributed by atoms with Crippen LogP contribution < -0.4 is 9.46 Å². The Morgan fingerprint density at radius 1 is 1.25 bits per heavy atom. The number of sulfonamides is 1. The minimum Gasteiger partial charge on any atom is -0.481 e. The lowest BCUT2D eigenvalue weighted by Crippen LogP contribution is -2.26. The van der Waals surface area contributed by atoms with Crippen molar-refractivity contribution in [1.29, 1.82) is 0 Å². The third-order valence-electron chi connectivity index (χ3n) is 3.64. The van der Waals surface area contributed by atoms with Crippen LogP contribution in [0.25, 0.3) is 11.1 Å². The molecular weight excluding hydrogens is 332 g/mol. The first-order valence-electron chi connectivity index (χ1n) is 7.30. The highest BCUT2D eigenvalue weighted by atomic mass is 32.2. The number of nitrogens with zero attached hydrogens (tertiary/aromatic N) is 1. The minimum absolute atomic E-state index is 0.0606. The quantitative estimate of drug-likeness (QED) is 0.826. The molecule has 0 spiro atoms. The summed E-state index contributed by atoms with van der Waals surface area (Å²) in [5.74, 6) is -0.780. The molecule has 1 aliphatic carbocycles.